The fourth-order valence-electron chi connectivity index (χ4n) is 3.57. The number of nitro benzene ring substituents is 1. The van der Waals surface area contributed by atoms with Gasteiger partial charge in [0.25, 0.3) is 5.69 Å². The summed E-state index contributed by atoms with van der Waals surface area (Å²) in [5.41, 5.74) is 1.84. The number of aryl methyl sites for hydroxylation is 2. The number of nitrogens with one attached hydrogen (secondary N) is 1. The Labute approximate surface area is 181 Å². The van der Waals surface area contributed by atoms with Crippen LogP contribution in [0.1, 0.15) is 18.1 Å². The van der Waals surface area contributed by atoms with Gasteiger partial charge in [-0.05, 0) is 44.0 Å². The highest BCUT2D eigenvalue weighted by atomic mass is 32.2. The maximum absolute atomic E-state index is 13.1. The van der Waals surface area contributed by atoms with E-state index in [0.717, 1.165) is 5.56 Å². The van der Waals surface area contributed by atoms with Gasteiger partial charge >= 0.3 is 0 Å². The molecule has 1 amide bonds. The lowest BCUT2D eigenvalue weighted by molar-refractivity contribution is -0.384. The van der Waals surface area contributed by atoms with E-state index in [9.17, 15) is 23.3 Å². The van der Waals surface area contributed by atoms with Gasteiger partial charge in [0.1, 0.15) is 0 Å². The van der Waals surface area contributed by atoms with Crippen molar-refractivity contribution in [1.82, 2.24) is 9.21 Å². The molecule has 1 fully saturated rings. The Morgan fingerprint density at radius 1 is 1.10 bits per heavy atom. The van der Waals surface area contributed by atoms with Gasteiger partial charge in [0.2, 0.25) is 15.9 Å². The predicted molar refractivity (Wildman–Crippen MR) is 117 cm³/mol. The molecule has 0 saturated carbocycles. The van der Waals surface area contributed by atoms with Crippen LogP contribution in [-0.4, -0.2) is 60.7 Å². The van der Waals surface area contributed by atoms with E-state index in [1.165, 1.54) is 22.5 Å². The zero-order valence-electron chi connectivity index (χ0n) is 17.7. The number of carbonyl (C=O) groups excluding carboxylic acids is 1. The third-order valence-corrected chi connectivity index (χ3v) is 7.53. The summed E-state index contributed by atoms with van der Waals surface area (Å²) in [6.07, 6.45) is 0. The van der Waals surface area contributed by atoms with Crippen LogP contribution in [0.3, 0.4) is 0 Å². The molecule has 1 aliphatic rings. The molecule has 0 aromatic heterocycles. The third kappa shape index (κ3) is 5.09. The van der Waals surface area contributed by atoms with Crippen LogP contribution in [0.5, 0.6) is 0 Å². The molecule has 1 N–H and O–H groups in total. The summed E-state index contributed by atoms with van der Waals surface area (Å²) in [6.45, 7) is 6.76. The summed E-state index contributed by atoms with van der Waals surface area (Å²) in [5, 5.41) is 13.6. The number of nitro groups is 1. The van der Waals surface area contributed by atoms with Crippen LogP contribution < -0.4 is 5.32 Å². The quantitative estimate of drug-likeness (QED) is 0.539. The fraction of sp³-hybridized carbons (Fsp3) is 0.381. The van der Waals surface area contributed by atoms with Crippen LogP contribution in [0.25, 0.3) is 0 Å². The zero-order valence-corrected chi connectivity index (χ0v) is 18.6. The van der Waals surface area contributed by atoms with E-state index < -0.39 is 21.0 Å². The van der Waals surface area contributed by atoms with E-state index in [-0.39, 0.29) is 24.7 Å². The summed E-state index contributed by atoms with van der Waals surface area (Å²) in [4.78, 5) is 25.2. The minimum atomic E-state index is -3.60. The lowest BCUT2D eigenvalue weighted by Gasteiger charge is -2.37. The predicted octanol–water partition coefficient (Wildman–Crippen LogP) is 2.55. The van der Waals surface area contributed by atoms with Crippen molar-refractivity contribution in [2.75, 3.05) is 31.5 Å². The minimum Gasteiger partial charge on any atom is -0.324 e. The Morgan fingerprint density at radius 2 is 1.77 bits per heavy atom. The van der Waals surface area contributed by atoms with Crippen LogP contribution in [0.2, 0.25) is 0 Å². The number of sulfonamides is 1. The standard InChI is InChI=1S/C21H26N4O5S/c1-15-7-8-16(2)20(13-15)31(29,30)24-11-9-23(10-12-24)17(3)21(26)22-18-5-4-6-19(14-18)25(27)28/h4-8,13-14,17H,9-12H2,1-3H3,(H,22,26)/t17-/m0/s1. The van der Waals surface area contributed by atoms with Gasteiger partial charge < -0.3 is 5.32 Å². The first-order valence-electron chi connectivity index (χ1n) is 9.96. The SMILES string of the molecule is Cc1ccc(C)c(S(=O)(=O)N2CCN([C@@H](C)C(=O)Nc3cccc([N+](=O)[O-])c3)CC2)c1. The van der Waals surface area contributed by atoms with Crippen molar-refractivity contribution in [3.05, 3.63) is 63.7 Å². The van der Waals surface area contributed by atoms with Crippen molar-refractivity contribution in [3.63, 3.8) is 0 Å². The summed E-state index contributed by atoms with van der Waals surface area (Å²) < 4.78 is 27.6. The Morgan fingerprint density at radius 3 is 2.42 bits per heavy atom. The van der Waals surface area contributed by atoms with Crippen LogP contribution in [-0.2, 0) is 14.8 Å². The number of carbonyl (C=O) groups is 1. The molecule has 9 nitrogen and oxygen atoms in total. The summed E-state index contributed by atoms with van der Waals surface area (Å²) in [7, 11) is -3.60. The van der Waals surface area contributed by atoms with Crippen molar-refractivity contribution in [1.29, 1.82) is 0 Å². The molecule has 0 aliphatic carbocycles. The Bertz CT molecular complexity index is 1090. The molecule has 0 radical (unpaired) electrons. The van der Waals surface area contributed by atoms with Crippen molar-refractivity contribution in [2.24, 2.45) is 0 Å². The number of nitrogens with zero attached hydrogens (tertiary/aromatic N) is 3. The first-order valence-corrected chi connectivity index (χ1v) is 11.4. The van der Waals surface area contributed by atoms with E-state index in [4.69, 9.17) is 0 Å². The van der Waals surface area contributed by atoms with E-state index in [1.54, 1.807) is 32.0 Å². The van der Waals surface area contributed by atoms with Crippen molar-refractivity contribution in [2.45, 2.75) is 31.7 Å². The minimum absolute atomic E-state index is 0.101. The van der Waals surface area contributed by atoms with Crippen LogP contribution in [0.15, 0.2) is 47.4 Å². The molecule has 0 unspecified atom stereocenters. The molecule has 1 atom stereocenters. The number of piperazine rings is 1. The smallest absolute Gasteiger partial charge is 0.271 e. The first-order chi connectivity index (χ1) is 14.6. The third-order valence-electron chi connectivity index (χ3n) is 5.49. The molecule has 1 saturated heterocycles. The first kappa shape index (κ1) is 22.9. The second kappa shape index (κ2) is 9.13. The van der Waals surface area contributed by atoms with Crippen molar-refractivity contribution >= 4 is 27.3 Å². The fourth-order valence-corrected chi connectivity index (χ4v) is 5.30. The van der Waals surface area contributed by atoms with Gasteiger partial charge in [-0.15, -0.1) is 0 Å². The topological polar surface area (TPSA) is 113 Å². The van der Waals surface area contributed by atoms with Crippen molar-refractivity contribution < 1.29 is 18.1 Å². The van der Waals surface area contributed by atoms with Gasteiger partial charge in [-0.25, -0.2) is 8.42 Å². The molecule has 0 bridgehead atoms. The summed E-state index contributed by atoms with van der Waals surface area (Å²) >= 11 is 0. The van der Waals surface area contributed by atoms with E-state index >= 15 is 0 Å². The number of hydrogen-bond acceptors (Lipinski definition) is 6. The highest BCUT2D eigenvalue weighted by Gasteiger charge is 2.32. The second-order valence-corrected chi connectivity index (χ2v) is 9.59. The Kier molecular flexibility index (Phi) is 6.73. The molecule has 0 spiro atoms. The average Bonchev–Trinajstić information content (AvgIpc) is 2.75. The number of anilines is 1. The van der Waals surface area contributed by atoms with Gasteiger partial charge in [0.05, 0.1) is 15.9 Å². The number of rotatable bonds is 6. The van der Waals surface area contributed by atoms with Gasteiger partial charge in [-0.1, -0.05) is 18.2 Å². The van der Waals surface area contributed by atoms with E-state index in [2.05, 4.69) is 5.32 Å². The molecular formula is C21H26N4O5S. The second-order valence-electron chi connectivity index (χ2n) is 7.68. The highest BCUT2D eigenvalue weighted by Crippen LogP contribution is 2.23. The normalized spacial score (nSPS) is 16.6. The van der Waals surface area contributed by atoms with Gasteiger partial charge in [0.15, 0.2) is 0 Å². The molecule has 2 aromatic rings. The number of amides is 1. The maximum Gasteiger partial charge on any atom is 0.271 e. The van der Waals surface area contributed by atoms with Crippen molar-refractivity contribution in [3.8, 4) is 0 Å². The molecule has 3 rings (SSSR count). The van der Waals surface area contributed by atoms with Crippen LogP contribution in [0, 0.1) is 24.0 Å². The lowest BCUT2D eigenvalue weighted by Crippen LogP contribution is -2.54. The summed E-state index contributed by atoms with van der Waals surface area (Å²) in [6, 6.07) is 10.6. The van der Waals surface area contributed by atoms with Crippen LogP contribution in [0.4, 0.5) is 11.4 Å². The molecule has 166 valence electrons. The largest absolute Gasteiger partial charge is 0.324 e. The van der Waals surface area contributed by atoms with E-state index in [1.807, 2.05) is 17.9 Å². The zero-order chi connectivity index (χ0) is 22.8. The maximum atomic E-state index is 13.1. The van der Waals surface area contributed by atoms with Gasteiger partial charge in [-0.2, -0.15) is 4.31 Å². The Balaban J connectivity index is 1.63. The van der Waals surface area contributed by atoms with E-state index in [0.29, 0.717) is 29.2 Å². The molecule has 2 aromatic carbocycles. The molecule has 31 heavy (non-hydrogen) atoms. The Hall–Kier alpha value is -2.82. The average molecular weight is 447 g/mol. The molecule has 1 heterocycles. The highest BCUT2D eigenvalue weighted by molar-refractivity contribution is 7.89. The number of hydrogen-bond donors (Lipinski definition) is 1. The molecule has 1 aliphatic heterocycles. The number of benzene rings is 2. The monoisotopic (exact) mass is 446 g/mol. The molecule has 10 heteroatoms. The summed E-state index contributed by atoms with van der Waals surface area (Å²) in [5.74, 6) is -0.300. The number of non-ortho nitro benzene ring substituents is 1. The lowest BCUT2D eigenvalue weighted by atomic mass is 10.2. The van der Waals surface area contributed by atoms with Gasteiger partial charge in [0, 0.05) is 44.0 Å². The van der Waals surface area contributed by atoms with Gasteiger partial charge in [-0.3, -0.25) is 19.8 Å². The molecular weight excluding hydrogens is 420 g/mol. The van der Waals surface area contributed by atoms with Crippen LogP contribution >= 0.6 is 0 Å².